The highest BCUT2D eigenvalue weighted by molar-refractivity contribution is 14.1. The van der Waals surface area contributed by atoms with Crippen LogP contribution in [0.3, 0.4) is 0 Å². The third-order valence-corrected chi connectivity index (χ3v) is 1.85. The van der Waals surface area contributed by atoms with Crippen LogP contribution in [0.5, 0.6) is 0 Å². The van der Waals surface area contributed by atoms with E-state index in [9.17, 15) is 0 Å². The van der Waals surface area contributed by atoms with Crippen LogP contribution < -0.4 is 11.1 Å². The highest BCUT2D eigenvalue weighted by Gasteiger charge is 2.00. The van der Waals surface area contributed by atoms with Crippen LogP contribution in [0.1, 0.15) is 6.42 Å². The van der Waals surface area contributed by atoms with Gasteiger partial charge < -0.3 is 15.6 Å². The number of anilines is 2. The lowest BCUT2D eigenvalue weighted by atomic mass is 10.4. The molecule has 0 aliphatic heterocycles. The van der Waals surface area contributed by atoms with Crippen molar-refractivity contribution < 1.29 is 4.52 Å². The first-order chi connectivity index (χ1) is 6.18. The fourth-order valence-electron chi connectivity index (χ4n) is 0.804. The minimum atomic E-state index is 0.0912. The lowest BCUT2D eigenvalue weighted by Crippen LogP contribution is -2.11. The van der Waals surface area contributed by atoms with Gasteiger partial charge in [-0.25, -0.2) is 0 Å². The van der Waals surface area contributed by atoms with Gasteiger partial charge >= 0.3 is 6.01 Å². The van der Waals surface area contributed by atoms with Crippen LogP contribution in [-0.2, 0) is 0 Å². The summed E-state index contributed by atoms with van der Waals surface area (Å²) < 4.78 is 6.67. The number of nitrogens with zero attached hydrogens (tertiary/aromatic N) is 3. The fraction of sp³-hybridized carbons (Fsp3) is 0.667. The monoisotopic (exact) mass is 297 g/mol. The summed E-state index contributed by atoms with van der Waals surface area (Å²) in [7, 11) is 2.02. The maximum atomic E-state index is 5.24. The van der Waals surface area contributed by atoms with E-state index in [1.807, 2.05) is 7.05 Å². The first kappa shape index (κ1) is 10.5. The molecule has 3 N–H and O–H groups in total. The first-order valence-electron chi connectivity index (χ1n) is 3.88. The van der Waals surface area contributed by atoms with Gasteiger partial charge in [-0.2, -0.15) is 4.98 Å². The Balaban J connectivity index is 2.13. The Labute approximate surface area is 90.3 Å². The second-order valence-corrected chi connectivity index (χ2v) is 4.21. The summed E-state index contributed by atoms with van der Waals surface area (Å²) in [5.74, 6) is 0.452. The molecule has 0 unspecified atom stereocenters. The zero-order valence-electron chi connectivity index (χ0n) is 7.33. The van der Waals surface area contributed by atoms with E-state index in [2.05, 4.69) is 46.0 Å². The number of nitrogens with two attached hydrogens (primary N) is 1. The van der Waals surface area contributed by atoms with E-state index in [-0.39, 0.29) is 6.01 Å². The van der Waals surface area contributed by atoms with E-state index in [0.29, 0.717) is 5.95 Å². The predicted octanol–water partition coefficient (Wildman–Crippen LogP) is 0.736. The Bertz CT molecular complexity index is 251. The van der Waals surface area contributed by atoms with Gasteiger partial charge in [0.15, 0.2) is 0 Å². The lowest BCUT2D eigenvalue weighted by molar-refractivity contribution is 0.436. The van der Waals surface area contributed by atoms with E-state index in [0.717, 1.165) is 19.5 Å². The van der Waals surface area contributed by atoms with Gasteiger partial charge in [0.25, 0.3) is 5.95 Å². The van der Waals surface area contributed by atoms with E-state index in [4.69, 9.17) is 5.73 Å². The summed E-state index contributed by atoms with van der Waals surface area (Å²) in [6.45, 7) is 1.83. The van der Waals surface area contributed by atoms with Crippen LogP contribution in [0, 0.1) is 0 Å². The first-order valence-corrected chi connectivity index (χ1v) is 4.85. The molecule has 0 amide bonds. The maximum absolute atomic E-state index is 5.24. The largest absolute Gasteiger partial charge is 0.351 e. The quantitative estimate of drug-likeness (QED) is 0.474. The van der Waals surface area contributed by atoms with Gasteiger partial charge in [0, 0.05) is 36.0 Å². The second-order valence-electron chi connectivity index (χ2n) is 2.56. The van der Waals surface area contributed by atoms with Crippen LogP contribution in [0.2, 0.25) is 0 Å². The number of nitrogen functional groups attached to an aromatic ring is 1. The van der Waals surface area contributed by atoms with Crippen molar-refractivity contribution in [2.24, 2.45) is 0 Å². The van der Waals surface area contributed by atoms with Crippen molar-refractivity contribution in [1.29, 1.82) is 0 Å². The molecule has 0 atom stereocenters. The minimum absolute atomic E-state index is 0.0912. The Morgan fingerprint density at radius 2 is 2.46 bits per heavy atom. The lowest BCUT2D eigenvalue weighted by Gasteiger charge is -2.06. The van der Waals surface area contributed by atoms with Gasteiger partial charge in [0.2, 0.25) is 0 Å². The predicted molar refractivity (Wildman–Crippen MR) is 58.5 cm³/mol. The normalized spacial score (nSPS) is 10.7. The number of hydrogen-bond acceptors (Lipinski definition) is 6. The van der Waals surface area contributed by atoms with Gasteiger partial charge in [-0.15, -0.1) is 0 Å². The van der Waals surface area contributed by atoms with Crippen LogP contribution in [0.4, 0.5) is 12.0 Å². The van der Waals surface area contributed by atoms with Crippen molar-refractivity contribution in [1.82, 2.24) is 13.3 Å². The molecule has 1 aromatic rings. The topological polar surface area (TPSA) is 80.2 Å². The number of nitrogens with one attached hydrogen (secondary N) is 1. The van der Waals surface area contributed by atoms with Crippen molar-refractivity contribution in [3.63, 3.8) is 0 Å². The van der Waals surface area contributed by atoms with E-state index >= 15 is 0 Å². The van der Waals surface area contributed by atoms with E-state index in [1.165, 1.54) is 0 Å². The molecular formula is C6H12IN5O. The van der Waals surface area contributed by atoms with E-state index in [1.54, 1.807) is 0 Å². The summed E-state index contributed by atoms with van der Waals surface area (Å²) in [6.07, 6.45) is 1.02. The average Bonchev–Trinajstić information content (AvgIpc) is 2.45. The molecular weight excluding hydrogens is 285 g/mol. The summed E-state index contributed by atoms with van der Waals surface area (Å²) in [6, 6.07) is 0.0912. The zero-order valence-corrected chi connectivity index (χ0v) is 9.48. The zero-order chi connectivity index (χ0) is 9.68. The molecule has 1 aromatic heterocycles. The summed E-state index contributed by atoms with van der Waals surface area (Å²) in [4.78, 5) is 3.80. The maximum Gasteiger partial charge on any atom is 0.320 e. The minimum Gasteiger partial charge on any atom is -0.351 e. The fourth-order valence-corrected chi connectivity index (χ4v) is 1.15. The number of aromatic nitrogens is 2. The third-order valence-electron chi connectivity index (χ3n) is 1.37. The van der Waals surface area contributed by atoms with Crippen molar-refractivity contribution in [3.8, 4) is 0 Å². The molecule has 0 saturated carbocycles. The Kier molecular flexibility index (Phi) is 4.22. The van der Waals surface area contributed by atoms with Gasteiger partial charge in [0.1, 0.15) is 0 Å². The molecule has 0 aromatic carbocycles. The van der Waals surface area contributed by atoms with Gasteiger partial charge in [0.05, 0.1) is 0 Å². The molecule has 1 rings (SSSR count). The summed E-state index contributed by atoms with van der Waals surface area (Å²) in [5, 5.41) is 6.59. The molecule has 0 aliphatic carbocycles. The molecule has 0 aliphatic rings. The van der Waals surface area contributed by atoms with Crippen LogP contribution >= 0.6 is 22.9 Å². The van der Waals surface area contributed by atoms with Crippen LogP contribution in [0.15, 0.2) is 4.52 Å². The van der Waals surface area contributed by atoms with Crippen LogP contribution in [0.25, 0.3) is 0 Å². The van der Waals surface area contributed by atoms with Gasteiger partial charge in [-0.1, -0.05) is 0 Å². The van der Waals surface area contributed by atoms with E-state index < -0.39 is 0 Å². The molecule has 13 heavy (non-hydrogen) atoms. The van der Waals surface area contributed by atoms with Crippen molar-refractivity contribution >= 4 is 34.8 Å². The van der Waals surface area contributed by atoms with Gasteiger partial charge in [-0.05, 0) is 18.6 Å². The molecule has 0 fully saturated rings. The van der Waals surface area contributed by atoms with Crippen molar-refractivity contribution in [2.75, 3.05) is 31.2 Å². The Morgan fingerprint density at radius 3 is 3.00 bits per heavy atom. The van der Waals surface area contributed by atoms with Crippen molar-refractivity contribution in [3.05, 3.63) is 0 Å². The second kappa shape index (κ2) is 5.22. The number of halogens is 1. The number of hydrogen-bond donors (Lipinski definition) is 2. The SMILES string of the molecule is CN(I)CCCNc1noc(N)n1. The molecule has 0 bridgehead atoms. The van der Waals surface area contributed by atoms with Crippen molar-refractivity contribution in [2.45, 2.75) is 6.42 Å². The summed E-state index contributed by atoms with van der Waals surface area (Å²) >= 11 is 2.24. The highest BCUT2D eigenvalue weighted by atomic mass is 127. The third kappa shape index (κ3) is 4.27. The molecule has 1 heterocycles. The molecule has 6 nitrogen and oxygen atoms in total. The Hall–Kier alpha value is -0.570. The molecule has 0 spiro atoms. The van der Waals surface area contributed by atoms with Crippen LogP contribution in [-0.4, -0.2) is 33.4 Å². The molecule has 7 heteroatoms. The number of rotatable bonds is 5. The Morgan fingerprint density at radius 1 is 1.69 bits per heavy atom. The standard InChI is InChI=1S/C6H12IN5O/c1-12(7)4-2-3-9-6-10-5(8)13-11-6/h2-4H2,1H3,(H3,8,9,10,11). The molecule has 0 saturated heterocycles. The average molecular weight is 297 g/mol. The summed E-state index contributed by atoms with van der Waals surface area (Å²) in [5.41, 5.74) is 5.24. The molecule has 74 valence electrons. The smallest absolute Gasteiger partial charge is 0.320 e. The molecule has 0 radical (unpaired) electrons. The van der Waals surface area contributed by atoms with Gasteiger partial charge in [-0.3, -0.25) is 3.11 Å². The highest BCUT2D eigenvalue weighted by Crippen LogP contribution is 2.02.